The number of hydrogen-bond donors (Lipinski definition) is 0. The Bertz CT molecular complexity index is 506. The fourth-order valence-corrected chi connectivity index (χ4v) is 2.34. The molecule has 0 atom stereocenters. The van der Waals surface area contributed by atoms with Gasteiger partial charge in [-0.3, -0.25) is 14.6 Å². The Labute approximate surface area is 98.1 Å². The summed E-state index contributed by atoms with van der Waals surface area (Å²) in [5.74, 6) is -0.508. The number of fused-ring (bicyclic) bond motifs is 1. The van der Waals surface area contributed by atoms with Gasteiger partial charge in [0.1, 0.15) is 5.41 Å². The average Bonchev–Trinajstić information content (AvgIpc) is 2.59. The molecule has 0 N–H and O–H groups in total. The number of carbonyl (C=O) groups excluding carboxylic acids is 2. The lowest BCUT2D eigenvalue weighted by Gasteiger charge is -2.22. The molecule has 2 rings (SSSR count). The maximum absolute atomic E-state index is 11.8. The quantitative estimate of drug-likeness (QED) is 0.740. The van der Waals surface area contributed by atoms with Gasteiger partial charge in [-0.1, -0.05) is 17.7 Å². The number of ketones is 2. The molecule has 3 nitrogen and oxygen atoms in total. The van der Waals surface area contributed by atoms with Gasteiger partial charge in [-0.2, -0.15) is 0 Å². The van der Waals surface area contributed by atoms with Crippen molar-refractivity contribution < 1.29 is 9.59 Å². The average molecular weight is 236 g/mol. The van der Waals surface area contributed by atoms with Crippen molar-refractivity contribution in [1.82, 2.24) is 0 Å². The summed E-state index contributed by atoms with van der Waals surface area (Å²) in [4.78, 5) is 27.6. The summed E-state index contributed by atoms with van der Waals surface area (Å²) in [5, 5.41) is 0.403. The molecule has 0 saturated carbocycles. The topological polar surface area (TPSA) is 46.5 Å². The smallest absolute Gasteiger partial charge is 0.153 e. The number of benzene rings is 1. The Morgan fingerprint density at radius 1 is 1.25 bits per heavy atom. The van der Waals surface area contributed by atoms with E-state index in [9.17, 15) is 9.59 Å². The van der Waals surface area contributed by atoms with Gasteiger partial charge in [-0.25, -0.2) is 0 Å². The van der Waals surface area contributed by atoms with Crippen LogP contribution in [0.25, 0.3) is 0 Å². The lowest BCUT2D eigenvalue weighted by Crippen LogP contribution is -2.41. The minimum absolute atomic E-state index is 0.254. The van der Waals surface area contributed by atoms with Gasteiger partial charge < -0.3 is 0 Å². The van der Waals surface area contributed by atoms with Gasteiger partial charge in [0.2, 0.25) is 0 Å². The van der Waals surface area contributed by atoms with E-state index in [1.54, 1.807) is 18.2 Å². The molecule has 0 radical (unpaired) electrons. The van der Waals surface area contributed by atoms with Crippen molar-refractivity contribution in [2.75, 3.05) is 0 Å². The number of Topliss-reactive ketones (excluding diaryl/α,β-unsaturated/α-hetero) is 2. The van der Waals surface area contributed by atoms with Crippen LogP contribution in [0.1, 0.15) is 19.4 Å². The molecule has 0 aliphatic carbocycles. The molecular formula is C12H10ClNO2. The zero-order valence-corrected chi connectivity index (χ0v) is 9.71. The van der Waals surface area contributed by atoms with Crippen molar-refractivity contribution >= 4 is 35.1 Å². The number of carbonyl (C=O) groups is 2. The van der Waals surface area contributed by atoms with Gasteiger partial charge >= 0.3 is 0 Å². The summed E-state index contributed by atoms with van der Waals surface area (Å²) in [6.07, 6.45) is 1.40. The van der Waals surface area contributed by atoms with Crippen LogP contribution in [0.15, 0.2) is 23.2 Å². The lowest BCUT2D eigenvalue weighted by atomic mass is 9.76. The molecule has 1 heterocycles. The first-order chi connectivity index (χ1) is 7.50. The van der Waals surface area contributed by atoms with E-state index in [4.69, 9.17) is 11.6 Å². The number of aliphatic imine (C=N–C) groups is 1. The first-order valence-corrected chi connectivity index (χ1v) is 5.24. The highest BCUT2D eigenvalue weighted by Gasteiger charge is 2.46. The molecule has 0 unspecified atom stereocenters. The van der Waals surface area contributed by atoms with E-state index in [0.717, 1.165) is 0 Å². The van der Waals surface area contributed by atoms with Gasteiger partial charge in [-0.15, -0.1) is 0 Å². The zero-order valence-electron chi connectivity index (χ0n) is 8.95. The minimum atomic E-state index is -1.28. The minimum Gasteiger partial charge on any atom is -0.298 e. The van der Waals surface area contributed by atoms with Crippen LogP contribution < -0.4 is 0 Å². The molecule has 0 saturated heterocycles. The molecule has 4 heteroatoms. The molecule has 0 aromatic heterocycles. The fourth-order valence-electron chi connectivity index (χ4n) is 2.02. The molecule has 0 fully saturated rings. The highest BCUT2D eigenvalue weighted by atomic mass is 35.5. The van der Waals surface area contributed by atoms with Crippen molar-refractivity contribution in [3.8, 4) is 0 Å². The van der Waals surface area contributed by atoms with Gasteiger partial charge in [0.05, 0.1) is 5.69 Å². The van der Waals surface area contributed by atoms with Crippen LogP contribution in [-0.4, -0.2) is 17.8 Å². The highest BCUT2D eigenvalue weighted by molar-refractivity contribution is 6.36. The normalized spacial score (nSPS) is 15.9. The van der Waals surface area contributed by atoms with E-state index < -0.39 is 5.41 Å². The van der Waals surface area contributed by atoms with E-state index in [1.807, 2.05) is 0 Å². The van der Waals surface area contributed by atoms with Gasteiger partial charge in [0.25, 0.3) is 0 Å². The third-order valence-electron chi connectivity index (χ3n) is 2.89. The van der Waals surface area contributed by atoms with Crippen molar-refractivity contribution in [3.63, 3.8) is 0 Å². The van der Waals surface area contributed by atoms with Crippen LogP contribution in [0, 0.1) is 0 Å². The number of hydrogen-bond acceptors (Lipinski definition) is 3. The molecular weight excluding hydrogens is 226 g/mol. The van der Waals surface area contributed by atoms with Crippen LogP contribution >= 0.6 is 11.6 Å². The second-order valence-corrected chi connectivity index (χ2v) is 4.22. The second kappa shape index (κ2) is 3.52. The molecule has 1 aromatic carbocycles. The van der Waals surface area contributed by atoms with Crippen molar-refractivity contribution in [3.05, 3.63) is 28.8 Å². The maximum atomic E-state index is 11.8. The molecule has 1 aliphatic heterocycles. The van der Waals surface area contributed by atoms with Crippen LogP contribution in [-0.2, 0) is 15.0 Å². The van der Waals surface area contributed by atoms with E-state index in [0.29, 0.717) is 16.3 Å². The maximum Gasteiger partial charge on any atom is 0.153 e. The standard InChI is InChI=1S/C12H10ClNO2/c1-7(15)12(8(2)16)6-14-10-5-3-4-9(13)11(10)12/h3-6H,1-2H3. The van der Waals surface area contributed by atoms with Crippen molar-refractivity contribution in [1.29, 1.82) is 0 Å². The summed E-state index contributed by atoms with van der Waals surface area (Å²) in [6, 6.07) is 5.15. The summed E-state index contributed by atoms with van der Waals surface area (Å²) < 4.78 is 0. The Kier molecular flexibility index (Phi) is 2.43. The molecule has 1 aliphatic rings. The van der Waals surface area contributed by atoms with Crippen LogP contribution in [0.2, 0.25) is 5.02 Å². The van der Waals surface area contributed by atoms with Gasteiger partial charge in [-0.05, 0) is 26.0 Å². The summed E-state index contributed by atoms with van der Waals surface area (Å²) in [7, 11) is 0. The predicted molar refractivity (Wildman–Crippen MR) is 62.6 cm³/mol. The van der Waals surface area contributed by atoms with Crippen molar-refractivity contribution in [2.24, 2.45) is 4.99 Å². The third kappa shape index (κ3) is 1.25. The number of rotatable bonds is 2. The SMILES string of the molecule is CC(=O)C1(C(C)=O)C=Nc2cccc(Cl)c21. The molecule has 16 heavy (non-hydrogen) atoms. The predicted octanol–water partition coefficient (Wildman–Crippen LogP) is 2.47. The van der Waals surface area contributed by atoms with E-state index >= 15 is 0 Å². The van der Waals surface area contributed by atoms with Crippen molar-refractivity contribution in [2.45, 2.75) is 19.3 Å². The largest absolute Gasteiger partial charge is 0.298 e. The monoisotopic (exact) mass is 235 g/mol. The summed E-state index contributed by atoms with van der Waals surface area (Å²) in [5.41, 5.74) is -0.178. The van der Waals surface area contributed by atoms with Crippen LogP contribution in [0.5, 0.6) is 0 Å². The molecule has 0 bridgehead atoms. The van der Waals surface area contributed by atoms with Gasteiger partial charge in [0, 0.05) is 16.8 Å². The Morgan fingerprint density at radius 2 is 1.88 bits per heavy atom. The Morgan fingerprint density at radius 3 is 2.44 bits per heavy atom. The van der Waals surface area contributed by atoms with Gasteiger partial charge in [0.15, 0.2) is 11.6 Å². The summed E-state index contributed by atoms with van der Waals surface area (Å²) in [6.45, 7) is 2.76. The number of nitrogens with zero attached hydrogens (tertiary/aromatic N) is 1. The van der Waals surface area contributed by atoms with E-state index in [2.05, 4.69) is 4.99 Å². The first-order valence-electron chi connectivity index (χ1n) is 4.86. The van der Waals surface area contributed by atoms with E-state index in [-0.39, 0.29) is 11.6 Å². The van der Waals surface area contributed by atoms with Crippen LogP contribution in [0.3, 0.4) is 0 Å². The highest BCUT2D eigenvalue weighted by Crippen LogP contribution is 2.42. The molecule has 0 spiro atoms. The number of halogens is 1. The Hall–Kier alpha value is -1.48. The third-order valence-corrected chi connectivity index (χ3v) is 3.21. The van der Waals surface area contributed by atoms with E-state index in [1.165, 1.54) is 20.1 Å². The molecule has 82 valence electrons. The van der Waals surface area contributed by atoms with Crippen LogP contribution in [0.4, 0.5) is 5.69 Å². The molecule has 0 amide bonds. The second-order valence-electron chi connectivity index (χ2n) is 3.81. The molecule has 1 aromatic rings. The summed E-state index contributed by atoms with van der Waals surface area (Å²) >= 11 is 6.06. The first kappa shape index (κ1) is 11.0. The lowest BCUT2D eigenvalue weighted by molar-refractivity contribution is -0.129. The zero-order chi connectivity index (χ0) is 11.9. The Balaban J connectivity index is 2.78. The fraction of sp³-hybridized carbons (Fsp3) is 0.250.